The zero-order valence-electron chi connectivity index (χ0n) is 6.06. The molecule has 1 N–H and O–H groups in total. The van der Waals surface area contributed by atoms with E-state index >= 15 is 0 Å². The van der Waals surface area contributed by atoms with Crippen molar-refractivity contribution >= 4 is 27.5 Å². The van der Waals surface area contributed by atoms with Crippen molar-refractivity contribution in [2.24, 2.45) is 0 Å². The second kappa shape index (κ2) is 3.46. The van der Waals surface area contributed by atoms with Gasteiger partial charge in [0.05, 0.1) is 9.50 Å². The van der Waals surface area contributed by atoms with Crippen LogP contribution in [0.25, 0.3) is 0 Å². The number of halogens is 2. The monoisotopic (exact) mass is 234 g/mol. The summed E-state index contributed by atoms with van der Waals surface area (Å²) in [6.45, 7) is 2.04. The number of benzene rings is 1. The minimum absolute atomic E-state index is 0.115. The Bertz CT molecular complexity index is 250. The lowest BCUT2D eigenvalue weighted by Crippen LogP contribution is -1.80. The van der Waals surface area contributed by atoms with Crippen molar-refractivity contribution in [2.75, 3.05) is 0 Å². The van der Waals surface area contributed by atoms with E-state index in [9.17, 15) is 5.11 Å². The first-order valence-corrected chi connectivity index (χ1v) is 4.49. The predicted molar refractivity (Wildman–Crippen MR) is 50.2 cm³/mol. The summed E-state index contributed by atoms with van der Waals surface area (Å²) in [5, 5.41) is 9.65. The van der Waals surface area contributed by atoms with Crippen LogP contribution in [0.4, 0.5) is 0 Å². The highest BCUT2D eigenvalue weighted by Crippen LogP contribution is 2.32. The van der Waals surface area contributed by atoms with Gasteiger partial charge in [-0.1, -0.05) is 18.5 Å². The Labute approximate surface area is 79.1 Å². The van der Waals surface area contributed by atoms with Crippen LogP contribution in [-0.2, 0) is 6.42 Å². The van der Waals surface area contributed by atoms with Gasteiger partial charge in [-0.05, 0) is 40.0 Å². The topological polar surface area (TPSA) is 20.2 Å². The normalized spacial score (nSPS) is 10.1. The number of rotatable bonds is 1. The average molecular weight is 236 g/mol. The molecule has 3 heteroatoms. The van der Waals surface area contributed by atoms with E-state index in [4.69, 9.17) is 11.6 Å². The first kappa shape index (κ1) is 8.88. The van der Waals surface area contributed by atoms with Crippen LogP contribution >= 0.6 is 27.5 Å². The van der Waals surface area contributed by atoms with Gasteiger partial charge in [0.2, 0.25) is 0 Å². The maximum atomic E-state index is 9.25. The molecule has 0 bridgehead atoms. The SMILES string of the molecule is CCc1cc(Cl)c(O)c(Br)c1. The fraction of sp³-hybridized carbons (Fsp3) is 0.250. The summed E-state index contributed by atoms with van der Waals surface area (Å²) >= 11 is 8.92. The standard InChI is InChI=1S/C8H8BrClO/c1-2-5-3-6(9)8(11)7(10)4-5/h3-4,11H,2H2,1H3. The third kappa shape index (κ3) is 1.88. The van der Waals surface area contributed by atoms with Gasteiger partial charge in [0, 0.05) is 0 Å². The number of phenols is 1. The molecule has 11 heavy (non-hydrogen) atoms. The first-order valence-electron chi connectivity index (χ1n) is 3.32. The zero-order valence-corrected chi connectivity index (χ0v) is 8.41. The molecule has 0 fully saturated rings. The number of aromatic hydroxyl groups is 1. The minimum atomic E-state index is 0.115. The molecule has 0 amide bonds. The van der Waals surface area contributed by atoms with Crippen molar-refractivity contribution in [1.29, 1.82) is 0 Å². The van der Waals surface area contributed by atoms with Crippen LogP contribution in [0.1, 0.15) is 12.5 Å². The molecule has 1 nitrogen and oxygen atoms in total. The van der Waals surface area contributed by atoms with Gasteiger partial charge in [0.25, 0.3) is 0 Å². The summed E-state index contributed by atoms with van der Waals surface area (Å²) in [4.78, 5) is 0. The maximum absolute atomic E-state index is 9.25. The smallest absolute Gasteiger partial charge is 0.148 e. The van der Waals surface area contributed by atoms with Gasteiger partial charge in [0.15, 0.2) is 0 Å². The highest BCUT2D eigenvalue weighted by molar-refractivity contribution is 9.10. The van der Waals surface area contributed by atoms with Crippen molar-refractivity contribution in [2.45, 2.75) is 13.3 Å². The van der Waals surface area contributed by atoms with Crippen LogP contribution in [0.15, 0.2) is 16.6 Å². The molecule has 1 aromatic carbocycles. The van der Waals surface area contributed by atoms with E-state index in [1.165, 1.54) is 0 Å². The van der Waals surface area contributed by atoms with Crippen molar-refractivity contribution in [3.63, 3.8) is 0 Å². The van der Waals surface area contributed by atoms with E-state index in [0.717, 1.165) is 12.0 Å². The molecule has 0 aliphatic rings. The quantitative estimate of drug-likeness (QED) is 0.791. The molecule has 0 aliphatic heterocycles. The molecule has 0 atom stereocenters. The van der Waals surface area contributed by atoms with Gasteiger partial charge in [-0.25, -0.2) is 0 Å². The Morgan fingerprint density at radius 2 is 2.18 bits per heavy atom. The van der Waals surface area contributed by atoms with Crippen LogP contribution in [0.2, 0.25) is 5.02 Å². The maximum Gasteiger partial charge on any atom is 0.148 e. The van der Waals surface area contributed by atoms with E-state index < -0.39 is 0 Å². The summed E-state index contributed by atoms with van der Waals surface area (Å²) in [7, 11) is 0. The lowest BCUT2D eigenvalue weighted by molar-refractivity contribution is 0.472. The Kier molecular flexibility index (Phi) is 2.79. The molecule has 0 aliphatic carbocycles. The zero-order chi connectivity index (χ0) is 8.43. The molecule has 0 spiro atoms. The van der Waals surface area contributed by atoms with E-state index in [1.54, 1.807) is 6.07 Å². The largest absolute Gasteiger partial charge is 0.505 e. The summed E-state index contributed by atoms with van der Waals surface area (Å²) in [5.41, 5.74) is 1.11. The third-order valence-electron chi connectivity index (χ3n) is 1.48. The molecule has 0 heterocycles. The predicted octanol–water partition coefficient (Wildman–Crippen LogP) is 3.37. The molecule has 0 aromatic heterocycles. The van der Waals surface area contributed by atoms with Gasteiger partial charge < -0.3 is 5.11 Å². The number of phenolic OH excluding ortho intramolecular Hbond substituents is 1. The lowest BCUT2D eigenvalue weighted by atomic mass is 10.2. The van der Waals surface area contributed by atoms with E-state index in [2.05, 4.69) is 15.9 Å². The van der Waals surface area contributed by atoms with Crippen molar-refractivity contribution in [1.82, 2.24) is 0 Å². The Morgan fingerprint density at radius 1 is 1.55 bits per heavy atom. The summed E-state index contributed by atoms with van der Waals surface area (Å²) in [6.07, 6.45) is 0.915. The first-order chi connectivity index (χ1) is 5.15. The molecule has 0 unspecified atom stereocenters. The van der Waals surface area contributed by atoms with Crippen molar-refractivity contribution < 1.29 is 5.11 Å². The fourth-order valence-electron chi connectivity index (χ4n) is 0.822. The van der Waals surface area contributed by atoms with Gasteiger partial charge in [-0.3, -0.25) is 0 Å². The van der Waals surface area contributed by atoms with Gasteiger partial charge in [-0.2, -0.15) is 0 Å². The number of aryl methyl sites for hydroxylation is 1. The Balaban J connectivity index is 3.21. The molecule has 0 saturated heterocycles. The molecular weight excluding hydrogens is 227 g/mol. The highest BCUT2D eigenvalue weighted by Gasteiger charge is 2.04. The van der Waals surface area contributed by atoms with E-state index in [-0.39, 0.29) is 5.75 Å². The van der Waals surface area contributed by atoms with Gasteiger partial charge in [-0.15, -0.1) is 0 Å². The van der Waals surface area contributed by atoms with Crippen LogP contribution in [0.5, 0.6) is 5.75 Å². The second-order valence-electron chi connectivity index (χ2n) is 2.26. The number of hydrogen-bond donors (Lipinski definition) is 1. The lowest BCUT2D eigenvalue weighted by Gasteiger charge is -2.02. The Morgan fingerprint density at radius 3 is 2.64 bits per heavy atom. The third-order valence-corrected chi connectivity index (χ3v) is 2.38. The summed E-state index contributed by atoms with van der Waals surface area (Å²) in [5.74, 6) is 0.115. The molecular formula is C8H8BrClO. The molecule has 0 radical (unpaired) electrons. The highest BCUT2D eigenvalue weighted by atomic mass is 79.9. The van der Waals surface area contributed by atoms with Crippen molar-refractivity contribution in [3.8, 4) is 5.75 Å². The molecule has 1 aromatic rings. The molecule has 1 rings (SSSR count). The molecule has 0 saturated carbocycles. The number of hydrogen-bond acceptors (Lipinski definition) is 1. The second-order valence-corrected chi connectivity index (χ2v) is 3.52. The summed E-state index contributed by atoms with van der Waals surface area (Å²) in [6, 6.07) is 3.63. The van der Waals surface area contributed by atoms with Crippen LogP contribution in [0, 0.1) is 0 Å². The van der Waals surface area contributed by atoms with E-state index in [1.807, 2.05) is 13.0 Å². The minimum Gasteiger partial charge on any atom is -0.505 e. The van der Waals surface area contributed by atoms with Crippen molar-refractivity contribution in [3.05, 3.63) is 27.2 Å². The van der Waals surface area contributed by atoms with Crippen LogP contribution in [-0.4, -0.2) is 5.11 Å². The van der Waals surface area contributed by atoms with Crippen LogP contribution < -0.4 is 0 Å². The summed E-state index contributed by atoms with van der Waals surface area (Å²) < 4.78 is 0.654. The van der Waals surface area contributed by atoms with Crippen LogP contribution in [0.3, 0.4) is 0 Å². The molecule has 60 valence electrons. The van der Waals surface area contributed by atoms with Gasteiger partial charge >= 0.3 is 0 Å². The van der Waals surface area contributed by atoms with E-state index in [0.29, 0.717) is 9.50 Å². The average Bonchev–Trinajstić information content (AvgIpc) is 1.99. The Hall–Kier alpha value is -0.210. The van der Waals surface area contributed by atoms with Gasteiger partial charge in [0.1, 0.15) is 5.75 Å². The fourth-order valence-corrected chi connectivity index (χ4v) is 1.69.